The topological polar surface area (TPSA) is 133 Å². The zero-order valence-corrected chi connectivity index (χ0v) is 20.4. The number of hydrogen-bond acceptors (Lipinski definition) is 5. The van der Waals surface area contributed by atoms with Gasteiger partial charge in [0.2, 0.25) is 10.0 Å². The summed E-state index contributed by atoms with van der Waals surface area (Å²) >= 11 is 11.9. The van der Waals surface area contributed by atoms with Crippen LogP contribution < -0.4 is 10.0 Å². The van der Waals surface area contributed by atoms with Crippen LogP contribution >= 0.6 is 23.2 Å². The van der Waals surface area contributed by atoms with Crippen molar-refractivity contribution in [3.63, 3.8) is 0 Å². The molecule has 0 fully saturated rings. The van der Waals surface area contributed by atoms with Crippen LogP contribution in [0.4, 0.5) is 0 Å². The van der Waals surface area contributed by atoms with Crippen LogP contribution in [0.5, 0.6) is 0 Å². The highest BCUT2D eigenvalue weighted by molar-refractivity contribution is 7.89. The number of hydrogen-bond donors (Lipinski definition) is 4. The number of benzene rings is 2. The average Bonchev–Trinajstić information content (AvgIpc) is 2.73. The number of sulfonamides is 1. The molecule has 2 aromatic rings. The lowest BCUT2D eigenvalue weighted by atomic mass is 10.0. The van der Waals surface area contributed by atoms with Crippen LogP contribution in [-0.2, 0) is 19.6 Å². The Kier molecular flexibility index (Phi) is 9.69. The Balaban J connectivity index is 2.03. The number of halogens is 2. The highest BCUT2D eigenvalue weighted by Gasteiger charge is 2.27. The third-order valence-corrected chi connectivity index (χ3v) is 7.06. The maximum Gasteiger partial charge on any atom is 0.320 e. The van der Waals surface area contributed by atoms with Crippen LogP contribution in [0, 0.1) is 5.92 Å². The van der Waals surface area contributed by atoms with E-state index in [4.69, 9.17) is 23.2 Å². The third-order valence-electron chi connectivity index (χ3n) is 4.85. The Hall–Kier alpha value is -2.17. The van der Waals surface area contributed by atoms with Crippen molar-refractivity contribution in [3.8, 4) is 11.1 Å². The van der Waals surface area contributed by atoms with Crippen molar-refractivity contribution in [2.24, 2.45) is 5.92 Å². The van der Waals surface area contributed by atoms with Crippen LogP contribution in [0.25, 0.3) is 11.1 Å². The smallest absolute Gasteiger partial charge is 0.320 e. The first-order valence-corrected chi connectivity index (χ1v) is 12.4. The molecule has 0 saturated carbocycles. The second-order valence-corrected chi connectivity index (χ2v) is 10.5. The lowest BCUT2D eigenvalue weighted by Gasteiger charge is -2.21. The Morgan fingerprint density at radius 2 is 1.48 bits per heavy atom. The van der Waals surface area contributed by atoms with Crippen molar-refractivity contribution in [1.82, 2.24) is 10.0 Å². The summed E-state index contributed by atoms with van der Waals surface area (Å²) in [6, 6.07) is 8.92. The maximum absolute atomic E-state index is 12.6. The molecule has 0 aliphatic heterocycles. The fraction of sp³-hybridized carbons (Fsp3) is 0.364. The first kappa shape index (κ1) is 27.1. The van der Waals surface area contributed by atoms with E-state index in [-0.39, 0.29) is 30.2 Å². The minimum Gasteiger partial charge on any atom is -0.480 e. The van der Waals surface area contributed by atoms with Crippen LogP contribution in [0.3, 0.4) is 0 Å². The summed E-state index contributed by atoms with van der Waals surface area (Å²) in [5.74, 6) is -2.37. The summed E-state index contributed by atoms with van der Waals surface area (Å²) in [6.45, 7) is 3.47. The van der Waals surface area contributed by atoms with Gasteiger partial charge < -0.3 is 10.2 Å². The van der Waals surface area contributed by atoms with Gasteiger partial charge in [0.05, 0.1) is 14.9 Å². The van der Waals surface area contributed by atoms with E-state index in [1.807, 2.05) is 13.8 Å². The van der Waals surface area contributed by atoms with E-state index in [0.717, 1.165) is 11.1 Å². The molecule has 0 amide bonds. The van der Waals surface area contributed by atoms with E-state index in [1.54, 1.807) is 30.3 Å². The van der Waals surface area contributed by atoms with Crippen molar-refractivity contribution in [2.75, 3.05) is 6.54 Å². The van der Waals surface area contributed by atoms with Crippen LogP contribution in [0.2, 0.25) is 10.0 Å². The summed E-state index contributed by atoms with van der Waals surface area (Å²) in [7, 11) is -3.89. The van der Waals surface area contributed by atoms with Crippen LogP contribution in [0.15, 0.2) is 47.4 Å². The molecule has 11 heteroatoms. The van der Waals surface area contributed by atoms with E-state index in [1.165, 1.54) is 12.1 Å². The van der Waals surface area contributed by atoms with Gasteiger partial charge in [-0.3, -0.25) is 14.9 Å². The maximum atomic E-state index is 12.6. The van der Waals surface area contributed by atoms with Gasteiger partial charge in [-0.15, -0.1) is 0 Å². The first-order valence-electron chi connectivity index (χ1n) is 10.2. The molecule has 0 radical (unpaired) electrons. The number of aliphatic carboxylic acids is 2. The highest BCUT2D eigenvalue weighted by Crippen LogP contribution is 2.29. The number of carboxylic acid groups (broad SMARTS) is 2. The summed E-state index contributed by atoms with van der Waals surface area (Å²) in [4.78, 5) is 22.9. The first-order chi connectivity index (χ1) is 15.4. The minimum absolute atomic E-state index is 0.00867. The lowest BCUT2D eigenvalue weighted by Crippen LogP contribution is -2.48. The summed E-state index contributed by atoms with van der Waals surface area (Å²) in [5, 5.41) is 22.1. The second-order valence-electron chi connectivity index (χ2n) is 7.92. The molecule has 1 unspecified atom stereocenters. The molecule has 0 aliphatic rings. The van der Waals surface area contributed by atoms with Crippen LogP contribution in [-0.4, -0.2) is 49.2 Å². The molecule has 2 rings (SSSR count). The highest BCUT2D eigenvalue weighted by atomic mass is 35.5. The zero-order chi connectivity index (χ0) is 24.8. The Morgan fingerprint density at radius 1 is 0.909 bits per heavy atom. The minimum atomic E-state index is -3.89. The monoisotopic (exact) mass is 516 g/mol. The van der Waals surface area contributed by atoms with Gasteiger partial charge in [-0.05, 0) is 54.2 Å². The molecule has 0 spiro atoms. The Labute approximate surface area is 203 Å². The molecule has 0 saturated heterocycles. The van der Waals surface area contributed by atoms with Gasteiger partial charge in [-0.2, -0.15) is 0 Å². The normalized spacial score (nSPS) is 13.6. The Morgan fingerprint density at radius 3 is 2.00 bits per heavy atom. The van der Waals surface area contributed by atoms with E-state index in [9.17, 15) is 28.2 Å². The van der Waals surface area contributed by atoms with Crippen molar-refractivity contribution >= 4 is 45.2 Å². The fourth-order valence-corrected chi connectivity index (χ4v) is 4.50. The van der Waals surface area contributed by atoms with Gasteiger partial charge in [0.15, 0.2) is 0 Å². The van der Waals surface area contributed by atoms with E-state index < -0.39 is 34.0 Å². The SMILES string of the molecule is CC(C)C[C@H](NC(CCNS(=O)(=O)c1ccc(-c2ccc(Cl)c(Cl)c2)cc1)C(=O)O)C(=O)O. The van der Waals surface area contributed by atoms with Gasteiger partial charge in [0, 0.05) is 6.54 Å². The molecular weight excluding hydrogens is 491 g/mol. The summed E-state index contributed by atoms with van der Waals surface area (Å²) in [5.41, 5.74) is 1.51. The molecule has 4 N–H and O–H groups in total. The van der Waals surface area contributed by atoms with Crippen molar-refractivity contribution in [3.05, 3.63) is 52.5 Å². The Bertz CT molecular complexity index is 1090. The summed E-state index contributed by atoms with van der Waals surface area (Å²) in [6.07, 6.45) is 0.119. The molecule has 0 aromatic heterocycles. The molecule has 2 atom stereocenters. The third kappa shape index (κ3) is 7.97. The van der Waals surface area contributed by atoms with Gasteiger partial charge in [-0.25, -0.2) is 13.1 Å². The van der Waals surface area contributed by atoms with E-state index in [0.29, 0.717) is 10.0 Å². The molecular formula is C22H26Cl2N2O6S. The quantitative estimate of drug-likeness (QED) is 0.336. The van der Waals surface area contributed by atoms with E-state index in [2.05, 4.69) is 10.0 Å². The molecule has 33 heavy (non-hydrogen) atoms. The lowest BCUT2D eigenvalue weighted by molar-refractivity contribution is -0.143. The van der Waals surface area contributed by atoms with Gasteiger partial charge >= 0.3 is 11.9 Å². The zero-order valence-electron chi connectivity index (χ0n) is 18.1. The fourth-order valence-electron chi connectivity index (χ4n) is 3.16. The summed E-state index contributed by atoms with van der Waals surface area (Å²) < 4.78 is 27.6. The van der Waals surface area contributed by atoms with E-state index >= 15 is 0 Å². The predicted molar refractivity (Wildman–Crippen MR) is 127 cm³/mol. The van der Waals surface area contributed by atoms with Crippen molar-refractivity contribution in [2.45, 2.75) is 43.7 Å². The van der Waals surface area contributed by atoms with Crippen molar-refractivity contribution < 1.29 is 28.2 Å². The number of rotatable bonds is 12. The molecule has 0 heterocycles. The molecule has 2 aromatic carbocycles. The molecule has 0 bridgehead atoms. The number of carboxylic acids is 2. The van der Waals surface area contributed by atoms with Gasteiger partial charge in [0.25, 0.3) is 0 Å². The molecule has 0 aliphatic carbocycles. The standard InChI is InChI=1S/C22H26Cl2N2O6S/c1-13(2)11-20(22(29)30)26-19(21(27)28)9-10-25-33(31,32)16-6-3-14(4-7-16)15-5-8-17(23)18(24)12-15/h3-8,12-13,19-20,25-26H,9-11H2,1-2H3,(H,27,28)(H,29,30)/t19?,20-/m0/s1. The predicted octanol–water partition coefficient (Wildman–Crippen LogP) is 3.87. The van der Waals surface area contributed by atoms with Crippen molar-refractivity contribution in [1.29, 1.82) is 0 Å². The second kappa shape index (κ2) is 11.8. The molecule has 180 valence electrons. The average molecular weight is 517 g/mol. The van der Waals surface area contributed by atoms with Gasteiger partial charge in [0.1, 0.15) is 12.1 Å². The molecule has 8 nitrogen and oxygen atoms in total. The van der Waals surface area contributed by atoms with Gasteiger partial charge in [-0.1, -0.05) is 55.2 Å². The number of carbonyl (C=O) groups is 2. The number of nitrogens with one attached hydrogen (secondary N) is 2. The largest absolute Gasteiger partial charge is 0.480 e. The van der Waals surface area contributed by atoms with Crippen LogP contribution in [0.1, 0.15) is 26.7 Å².